The van der Waals surface area contributed by atoms with Crippen LogP contribution in [0.15, 0.2) is 73.1 Å². The number of aromatic nitrogens is 4. The molecule has 4 nitrogen and oxygen atoms in total. The van der Waals surface area contributed by atoms with Crippen LogP contribution in [0.5, 0.6) is 0 Å². The van der Waals surface area contributed by atoms with Crippen LogP contribution in [0, 0.1) is 0 Å². The van der Waals surface area contributed by atoms with Gasteiger partial charge >= 0.3 is 0 Å². The maximum atomic E-state index is 4.80. The van der Waals surface area contributed by atoms with Crippen molar-refractivity contribution in [3.8, 4) is 0 Å². The first-order valence-electron chi connectivity index (χ1n) is 9.36. The van der Waals surface area contributed by atoms with Gasteiger partial charge in [-0.1, -0.05) is 48.5 Å². The normalized spacial score (nSPS) is 12.3. The van der Waals surface area contributed by atoms with Crippen molar-refractivity contribution in [2.45, 2.75) is 0 Å². The number of aromatic amines is 2. The summed E-state index contributed by atoms with van der Waals surface area (Å²) in [5.41, 5.74) is 6.27. The van der Waals surface area contributed by atoms with Gasteiger partial charge in [-0.3, -0.25) is 9.97 Å². The van der Waals surface area contributed by atoms with Crippen LogP contribution in [0.3, 0.4) is 0 Å². The summed E-state index contributed by atoms with van der Waals surface area (Å²) in [7, 11) is 0. The van der Waals surface area contributed by atoms with Crippen molar-refractivity contribution in [3.63, 3.8) is 0 Å². The third kappa shape index (κ3) is 1.65. The lowest BCUT2D eigenvalue weighted by atomic mass is 10.0. The minimum Gasteiger partial charge on any atom is -0.353 e. The van der Waals surface area contributed by atoms with Crippen LogP contribution in [-0.2, 0) is 0 Å². The molecule has 0 unspecified atom stereocenters. The molecule has 4 heteroatoms. The van der Waals surface area contributed by atoms with Crippen molar-refractivity contribution in [2.75, 3.05) is 0 Å². The summed E-state index contributed by atoms with van der Waals surface area (Å²) < 4.78 is 0. The molecule has 0 spiro atoms. The Morgan fingerprint density at radius 2 is 0.929 bits per heavy atom. The molecule has 2 N–H and O–H groups in total. The molecule has 7 aromatic rings. The standard InChI is InChI=1S/C24H14N4/c1-3-7-17-13(5-1)21-15-9-10-16-22-14-6-2-4-8-18(14)28-20(22)12-26-24(16)23(15)25-11-19(21)27-17/h1-12,27-28H. The molecule has 0 aliphatic carbocycles. The monoisotopic (exact) mass is 358 g/mol. The van der Waals surface area contributed by atoms with Gasteiger partial charge in [-0.15, -0.1) is 0 Å². The molecule has 0 radical (unpaired) electrons. The molecule has 0 bridgehead atoms. The summed E-state index contributed by atoms with van der Waals surface area (Å²) in [4.78, 5) is 16.6. The van der Waals surface area contributed by atoms with Crippen molar-refractivity contribution in [1.29, 1.82) is 0 Å². The predicted molar refractivity (Wildman–Crippen MR) is 116 cm³/mol. The van der Waals surface area contributed by atoms with Crippen LogP contribution < -0.4 is 0 Å². The number of fused-ring (bicyclic) bond motifs is 11. The lowest BCUT2D eigenvalue weighted by molar-refractivity contribution is 1.38. The molecule has 0 amide bonds. The van der Waals surface area contributed by atoms with E-state index in [0.29, 0.717) is 0 Å². The molecular weight excluding hydrogens is 344 g/mol. The molecule has 4 heterocycles. The number of rotatable bonds is 0. The smallest absolute Gasteiger partial charge is 0.0972 e. The van der Waals surface area contributed by atoms with Gasteiger partial charge in [0.1, 0.15) is 0 Å². The zero-order valence-electron chi connectivity index (χ0n) is 14.8. The maximum Gasteiger partial charge on any atom is 0.0972 e. The summed E-state index contributed by atoms with van der Waals surface area (Å²) in [6, 6.07) is 21.2. The number of H-pyrrole nitrogens is 2. The Hall–Kier alpha value is -3.92. The van der Waals surface area contributed by atoms with Crippen LogP contribution in [0.25, 0.3) is 65.4 Å². The summed E-state index contributed by atoms with van der Waals surface area (Å²) in [5.74, 6) is 0. The Kier molecular flexibility index (Phi) is 2.46. The molecule has 4 aromatic heterocycles. The maximum absolute atomic E-state index is 4.80. The third-order valence-electron chi connectivity index (χ3n) is 5.81. The van der Waals surface area contributed by atoms with Gasteiger partial charge in [0.25, 0.3) is 0 Å². The average Bonchev–Trinajstić information content (AvgIpc) is 3.31. The van der Waals surface area contributed by atoms with E-state index in [9.17, 15) is 0 Å². The highest BCUT2D eigenvalue weighted by atomic mass is 14.8. The molecule has 0 saturated heterocycles. The quantitative estimate of drug-likeness (QED) is 0.324. The van der Waals surface area contributed by atoms with Crippen molar-refractivity contribution >= 4 is 65.4 Å². The SMILES string of the molecule is c1ccc2c(c1)[nH]c1cnc3c(ccc4c3ncc3[nH]c5ccccc5c34)c12. The van der Waals surface area contributed by atoms with Gasteiger partial charge in [0.2, 0.25) is 0 Å². The van der Waals surface area contributed by atoms with Crippen molar-refractivity contribution in [2.24, 2.45) is 0 Å². The van der Waals surface area contributed by atoms with E-state index < -0.39 is 0 Å². The van der Waals surface area contributed by atoms with Gasteiger partial charge < -0.3 is 9.97 Å². The molecule has 0 aliphatic rings. The first kappa shape index (κ1) is 14.2. The second-order valence-corrected chi connectivity index (χ2v) is 7.29. The number of hydrogen-bond acceptors (Lipinski definition) is 2. The van der Waals surface area contributed by atoms with Gasteiger partial charge in [-0.2, -0.15) is 0 Å². The highest BCUT2D eigenvalue weighted by molar-refractivity contribution is 6.27. The number of benzene rings is 3. The Bertz CT molecular complexity index is 1590. The van der Waals surface area contributed by atoms with Crippen molar-refractivity contribution < 1.29 is 0 Å². The van der Waals surface area contributed by atoms with Crippen LogP contribution in [0.1, 0.15) is 0 Å². The average molecular weight is 358 g/mol. The van der Waals surface area contributed by atoms with Gasteiger partial charge in [-0.25, -0.2) is 0 Å². The van der Waals surface area contributed by atoms with Crippen LogP contribution in [-0.4, -0.2) is 19.9 Å². The minimum atomic E-state index is 0.946. The van der Waals surface area contributed by atoms with E-state index in [4.69, 9.17) is 9.97 Å². The topological polar surface area (TPSA) is 57.4 Å². The van der Waals surface area contributed by atoms with Gasteiger partial charge in [0.05, 0.1) is 34.5 Å². The molecule has 0 saturated carbocycles. The lowest BCUT2D eigenvalue weighted by Gasteiger charge is -2.05. The molecule has 130 valence electrons. The van der Waals surface area contributed by atoms with E-state index in [0.717, 1.165) is 43.9 Å². The number of pyridine rings is 2. The predicted octanol–water partition coefficient (Wildman–Crippen LogP) is 6.05. The van der Waals surface area contributed by atoms with Crippen LogP contribution in [0.2, 0.25) is 0 Å². The van der Waals surface area contributed by atoms with E-state index in [1.165, 1.54) is 21.5 Å². The largest absolute Gasteiger partial charge is 0.353 e. The van der Waals surface area contributed by atoms with E-state index in [-0.39, 0.29) is 0 Å². The minimum absolute atomic E-state index is 0.946. The fourth-order valence-corrected chi connectivity index (χ4v) is 4.60. The van der Waals surface area contributed by atoms with E-state index in [1.807, 2.05) is 12.4 Å². The number of hydrogen-bond donors (Lipinski definition) is 2. The van der Waals surface area contributed by atoms with E-state index >= 15 is 0 Å². The Morgan fingerprint density at radius 3 is 1.43 bits per heavy atom. The zero-order chi connectivity index (χ0) is 18.2. The Labute approximate surface area is 158 Å². The van der Waals surface area contributed by atoms with Gasteiger partial charge in [-0.05, 0) is 12.1 Å². The lowest BCUT2D eigenvalue weighted by Crippen LogP contribution is -1.87. The number of nitrogens with one attached hydrogen (secondary N) is 2. The van der Waals surface area contributed by atoms with Crippen molar-refractivity contribution in [3.05, 3.63) is 73.1 Å². The van der Waals surface area contributed by atoms with Crippen molar-refractivity contribution in [1.82, 2.24) is 19.9 Å². The second kappa shape index (κ2) is 4.87. The summed E-state index contributed by atoms with van der Waals surface area (Å²) in [5, 5.41) is 7.13. The Morgan fingerprint density at radius 1 is 0.464 bits per heavy atom. The molecule has 0 fully saturated rings. The zero-order valence-corrected chi connectivity index (χ0v) is 14.8. The molecule has 0 aliphatic heterocycles. The Balaban J connectivity index is 1.72. The second-order valence-electron chi connectivity index (χ2n) is 7.29. The fraction of sp³-hybridized carbons (Fsp3) is 0. The van der Waals surface area contributed by atoms with Crippen LogP contribution in [0.4, 0.5) is 0 Å². The molecule has 3 aromatic carbocycles. The van der Waals surface area contributed by atoms with E-state index in [1.54, 1.807) is 0 Å². The summed E-state index contributed by atoms with van der Waals surface area (Å²) in [6.07, 6.45) is 3.86. The first-order valence-corrected chi connectivity index (χ1v) is 9.36. The van der Waals surface area contributed by atoms with Gasteiger partial charge in [0, 0.05) is 43.4 Å². The fourth-order valence-electron chi connectivity index (χ4n) is 4.60. The van der Waals surface area contributed by atoms with Gasteiger partial charge in [0.15, 0.2) is 0 Å². The molecule has 0 atom stereocenters. The first-order chi connectivity index (χ1) is 13.9. The molecule has 28 heavy (non-hydrogen) atoms. The van der Waals surface area contributed by atoms with Crippen LogP contribution >= 0.6 is 0 Å². The highest BCUT2D eigenvalue weighted by Gasteiger charge is 2.14. The third-order valence-corrected chi connectivity index (χ3v) is 5.81. The summed E-state index contributed by atoms with van der Waals surface area (Å²) >= 11 is 0. The van der Waals surface area contributed by atoms with E-state index in [2.05, 4.69) is 70.6 Å². The molecule has 7 rings (SSSR count). The molecular formula is C24H14N4. The number of para-hydroxylation sites is 2. The summed E-state index contributed by atoms with van der Waals surface area (Å²) in [6.45, 7) is 0. The number of nitrogens with zero attached hydrogens (tertiary/aromatic N) is 2. The highest BCUT2D eigenvalue weighted by Crippen LogP contribution is 2.37.